The van der Waals surface area contributed by atoms with Gasteiger partial charge >= 0.3 is 0 Å². The van der Waals surface area contributed by atoms with Crippen LogP contribution in [0.5, 0.6) is 11.5 Å². The van der Waals surface area contributed by atoms with Crippen molar-refractivity contribution in [3.8, 4) is 22.8 Å². The topological polar surface area (TPSA) is 96.2 Å². The van der Waals surface area contributed by atoms with Crippen LogP contribution in [0.4, 0.5) is 15.9 Å². The molecule has 1 saturated heterocycles. The number of methoxy groups -OCH3 is 2. The molecular formula is C21H19FN6O3. The molecule has 0 atom stereocenters. The lowest BCUT2D eigenvalue weighted by Gasteiger charge is -2.25. The summed E-state index contributed by atoms with van der Waals surface area (Å²) in [5.74, 6) is 0.393. The van der Waals surface area contributed by atoms with Crippen molar-refractivity contribution in [1.82, 2.24) is 24.7 Å². The summed E-state index contributed by atoms with van der Waals surface area (Å²) in [7, 11) is 2.90. The summed E-state index contributed by atoms with van der Waals surface area (Å²) in [5, 5.41) is 7.34. The van der Waals surface area contributed by atoms with Crippen molar-refractivity contribution in [2.24, 2.45) is 0 Å². The summed E-state index contributed by atoms with van der Waals surface area (Å²) >= 11 is 0. The number of nitrogens with zero attached hydrogens (tertiary/aromatic N) is 5. The Hall–Kier alpha value is -3.79. The molecular weight excluding hydrogens is 403 g/mol. The zero-order chi connectivity index (χ0) is 21.4. The van der Waals surface area contributed by atoms with Crippen LogP contribution in [0.1, 0.15) is 6.04 Å². The lowest BCUT2D eigenvalue weighted by molar-refractivity contribution is -0.0286. The van der Waals surface area contributed by atoms with Crippen molar-refractivity contribution in [2.75, 3.05) is 32.8 Å². The van der Waals surface area contributed by atoms with Crippen molar-refractivity contribution in [2.45, 2.75) is 6.04 Å². The van der Waals surface area contributed by atoms with Crippen LogP contribution in [-0.4, -0.2) is 52.2 Å². The molecule has 0 spiro atoms. The molecule has 10 heteroatoms. The van der Waals surface area contributed by atoms with Gasteiger partial charge in [0.1, 0.15) is 17.1 Å². The summed E-state index contributed by atoms with van der Waals surface area (Å²) in [5.41, 5.74) is 2.72. The van der Waals surface area contributed by atoms with E-state index in [1.165, 1.54) is 26.4 Å². The molecule has 0 saturated carbocycles. The van der Waals surface area contributed by atoms with E-state index in [-0.39, 0.29) is 17.5 Å². The fraction of sp³-hybridized carbons (Fsp3) is 0.238. The highest BCUT2D eigenvalue weighted by Gasteiger charge is 2.21. The van der Waals surface area contributed by atoms with Gasteiger partial charge in [0.05, 0.1) is 57.3 Å². The Kier molecular flexibility index (Phi) is 4.83. The summed E-state index contributed by atoms with van der Waals surface area (Å²) < 4.78 is 32.0. The molecule has 1 aliphatic heterocycles. The summed E-state index contributed by atoms with van der Waals surface area (Å²) in [6.45, 7) is 1.32. The van der Waals surface area contributed by atoms with Crippen LogP contribution >= 0.6 is 0 Å². The van der Waals surface area contributed by atoms with Crippen LogP contribution in [0.25, 0.3) is 22.4 Å². The molecule has 0 aliphatic carbocycles. The number of hydrogen-bond donors (Lipinski definition) is 1. The van der Waals surface area contributed by atoms with Gasteiger partial charge in [0.2, 0.25) is 0 Å². The monoisotopic (exact) mass is 422 g/mol. The first-order chi connectivity index (χ1) is 15.1. The number of halogens is 1. The first-order valence-electron chi connectivity index (χ1n) is 9.59. The van der Waals surface area contributed by atoms with E-state index in [9.17, 15) is 4.39 Å². The Morgan fingerprint density at radius 3 is 2.74 bits per heavy atom. The normalized spacial score (nSPS) is 13.8. The molecule has 0 bridgehead atoms. The van der Waals surface area contributed by atoms with Crippen LogP contribution in [0.2, 0.25) is 0 Å². The number of fused-ring (bicyclic) bond motifs is 1. The Morgan fingerprint density at radius 1 is 1.13 bits per heavy atom. The second-order valence-electron chi connectivity index (χ2n) is 7.01. The highest BCUT2D eigenvalue weighted by Crippen LogP contribution is 2.32. The summed E-state index contributed by atoms with van der Waals surface area (Å²) in [6, 6.07) is 6.74. The maximum absolute atomic E-state index is 14.7. The van der Waals surface area contributed by atoms with Gasteiger partial charge in [-0.15, -0.1) is 0 Å². The van der Waals surface area contributed by atoms with Gasteiger partial charge < -0.3 is 19.5 Å². The fourth-order valence-corrected chi connectivity index (χ4v) is 3.22. The molecule has 0 radical (unpaired) electrons. The van der Waals surface area contributed by atoms with Gasteiger partial charge in [0.15, 0.2) is 17.2 Å². The van der Waals surface area contributed by atoms with Gasteiger partial charge in [-0.2, -0.15) is 5.10 Å². The maximum Gasteiger partial charge on any atom is 0.188 e. The lowest BCUT2D eigenvalue weighted by atomic mass is 10.2. The number of hydrogen-bond acceptors (Lipinski definition) is 8. The average Bonchev–Trinajstić information content (AvgIpc) is 3.22. The first kappa shape index (κ1) is 19.2. The summed E-state index contributed by atoms with van der Waals surface area (Å²) in [4.78, 5) is 13.5. The molecule has 3 aromatic heterocycles. The minimum absolute atomic E-state index is 0.0681. The van der Waals surface area contributed by atoms with Crippen molar-refractivity contribution >= 4 is 22.7 Å². The standard InChI is InChI=1S/C21H19FN6O3/c1-29-14-5-16(20(22)18(6-14)30-2)25-19-4-3-15-21(27-19)26-17(8-23-15)12-7-24-28(9-12)13-10-31-11-13/h3-9,13H,10-11H2,1-2H3,(H,25,26,27). The van der Waals surface area contributed by atoms with Gasteiger partial charge in [-0.1, -0.05) is 0 Å². The molecule has 4 heterocycles. The van der Waals surface area contributed by atoms with Gasteiger partial charge in [-0.25, -0.2) is 14.4 Å². The minimum atomic E-state index is -0.544. The van der Waals surface area contributed by atoms with Gasteiger partial charge in [-0.3, -0.25) is 9.67 Å². The first-order valence-corrected chi connectivity index (χ1v) is 9.59. The quantitative estimate of drug-likeness (QED) is 0.505. The second-order valence-corrected chi connectivity index (χ2v) is 7.01. The van der Waals surface area contributed by atoms with Crippen LogP contribution < -0.4 is 14.8 Å². The molecule has 0 unspecified atom stereocenters. The van der Waals surface area contributed by atoms with E-state index in [2.05, 4.69) is 25.4 Å². The van der Waals surface area contributed by atoms with Crippen LogP contribution in [0, 0.1) is 5.82 Å². The predicted octanol–water partition coefficient (Wildman–Crippen LogP) is 3.36. The minimum Gasteiger partial charge on any atom is -0.497 e. The molecule has 1 fully saturated rings. The van der Waals surface area contributed by atoms with Crippen LogP contribution in [0.15, 0.2) is 42.9 Å². The Bertz CT molecular complexity index is 1260. The Labute approximate surface area is 176 Å². The molecule has 5 rings (SSSR count). The molecule has 9 nitrogen and oxygen atoms in total. The third-order valence-electron chi connectivity index (χ3n) is 5.03. The molecule has 31 heavy (non-hydrogen) atoms. The summed E-state index contributed by atoms with van der Waals surface area (Å²) in [6.07, 6.45) is 5.35. The van der Waals surface area contributed by atoms with E-state index >= 15 is 0 Å². The smallest absolute Gasteiger partial charge is 0.188 e. The van der Waals surface area contributed by atoms with Crippen molar-refractivity contribution < 1.29 is 18.6 Å². The van der Waals surface area contributed by atoms with Crippen molar-refractivity contribution in [1.29, 1.82) is 0 Å². The second kappa shape index (κ2) is 7.80. The highest BCUT2D eigenvalue weighted by atomic mass is 19.1. The Morgan fingerprint density at radius 2 is 2.00 bits per heavy atom. The van der Waals surface area contributed by atoms with Crippen molar-refractivity contribution in [3.05, 3.63) is 48.7 Å². The van der Waals surface area contributed by atoms with E-state index in [4.69, 9.17) is 14.2 Å². The zero-order valence-corrected chi connectivity index (χ0v) is 16.9. The fourth-order valence-electron chi connectivity index (χ4n) is 3.22. The van der Waals surface area contributed by atoms with E-state index in [0.29, 0.717) is 41.6 Å². The molecule has 1 N–H and O–H groups in total. The number of nitrogens with one attached hydrogen (secondary N) is 1. The largest absolute Gasteiger partial charge is 0.497 e. The third-order valence-corrected chi connectivity index (χ3v) is 5.03. The Balaban J connectivity index is 1.46. The molecule has 1 aliphatic rings. The van der Waals surface area contributed by atoms with Crippen molar-refractivity contribution in [3.63, 3.8) is 0 Å². The number of pyridine rings is 1. The van der Waals surface area contributed by atoms with Gasteiger partial charge in [-0.05, 0) is 12.1 Å². The van der Waals surface area contributed by atoms with Crippen LogP contribution in [0.3, 0.4) is 0 Å². The predicted molar refractivity (Wildman–Crippen MR) is 111 cm³/mol. The maximum atomic E-state index is 14.7. The zero-order valence-electron chi connectivity index (χ0n) is 16.9. The molecule has 0 amide bonds. The SMILES string of the molecule is COc1cc(Nc2ccc3ncc(-c4cnn(C5COC5)c4)nc3n2)c(F)c(OC)c1. The molecule has 1 aromatic carbocycles. The highest BCUT2D eigenvalue weighted by molar-refractivity contribution is 5.76. The molecule has 4 aromatic rings. The number of ether oxygens (including phenoxy) is 3. The third kappa shape index (κ3) is 3.61. The lowest BCUT2D eigenvalue weighted by Crippen LogP contribution is -2.30. The number of benzene rings is 1. The average molecular weight is 422 g/mol. The molecule has 158 valence electrons. The van der Waals surface area contributed by atoms with E-state index < -0.39 is 5.82 Å². The van der Waals surface area contributed by atoms with Crippen LogP contribution in [-0.2, 0) is 4.74 Å². The van der Waals surface area contributed by atoms with Gasteiger partial charge in [0.25, 0.3) is 0 Å². The van der Waals surface area contributed by atoms with E-state index in [1.54, 1.807) is 24.5 Å². The van der Waals surface area contributed by atoms with Gasteiger partial charge in [0, 0.05) is 23.9 Å². The van der Waals surface area contributed by atoms with E-state index in [0.717, 1.165) is 5.56 Å². The number of anilines is 2. The number of rotatable bonds is 6. The van der Waals surface area contributed by atoms with E-state index in [1.807, 2.05) is 10.9 Å². The number of aromatic nitrogens is 5.